The average Bonchev–Trinajstić information content (AvgIpc) is 2.68. The number of amides is 1. The van der Waals surface area contributed by atoms with E-state index in [0.717, 1.165) is 0 Å². The second-order valence-corrected chi connectivity index (χ2v) is 3.73. The number of phenols is 1. The molecule has 1 heterocycles. The van der Waals surface area contributed by atoms with E-state index < -0.39 is 0 Å². The number of rotatable bonds is 2. The van der Waals surface area contributed by atoms with Crippen LogP contribution in [-0.4, -0.2) is 16.2 Å². The maximum atomic E-state index is 11.9. The highest BCUT2D eigenvalue weighted by atomic mass is 16.5. The molecule has 0 unspecified atom stereocenters. The lowest BCUT2D eigenvalue weighted by Crippen LogP contribution is -2.13. The third kappa shape index (κ3) is 2.28. The smallest absolute Gasteiger partial charge is 0.257 e. The largest absolute Gasteiger partial charge is 0.508 e. The number of phenolic OH excluding ortho intramolecular Hbond substituents is 1. The SMILES string of the molecule is Cc1cc(NC(=O)c2cccc(O)c2C)no1. The number of aromatic hydroxyl groups is 1. The number of hydrogen-bond acceptors (Lipinski definition) is 4. The number of hydrogen-bond donors (Lipinski definition) is 2. The van der Waals surface area contributed by atoms with Gasteiger partial charge in [-0.2, -0.15) is 0 Å². The van der Waals surface area contributed by atoms with Gasteiger partial charge < -0.3 is 14.9 Å². The van der Waals surface area contributed by atoms with E-state index in [0.29, 0.717) is 22.7 Å². The van der Waals surface area contributed by atoms with Gasteiger partial charge in [-0.3, -0.25) is 4.79 Å². The van der Waals surface area contributed by atoms with Gasteiger partial charge in [-0.25, -0.2) is 0 Å². The van der Waals surface area contributed by atoms with Gasteiger partial charge in [0.05, 0.1) is 0 Å². The van der Waals surface area contributed by atoms with E-state index in [1.54, 1.807) is 32.0 Å². The molecule has 0 saturated carbocycles. The van der Waals surface area contributed by atoms with Gasteiger partial charge >= 0.3 is 0 Å². The molecule has 1 aromatic carbocycles. The lowest BCUT2D eigenvalue weighted by molar-refractivity contribution is 0.102. The minimum atomic E-state index is -0.327. The van der Waals surface area contributed by atoms with Crippen LogP contribution in [-0.2, 0) is 0 Å². The van der Waals surface area contributed by atoms with Crippen molar-refractivity contribution < 1.29 is 14.4 Å². The van der Waals surface area contributed by atoms with E-state index in [-0.39, 0.29) is 11.7 Å². The molecule has 0 aliphatic rings. The second kappa shape index (κ2) is 4.29. The molecule has 1 amide bonds. The monoisotopic (exact) mass is 232 g/mol. The summed E-state index contributed by atoms with van der Waals surface area (Å²) in [6, 6.07) is 6.41. The van der Waals surface area contributed by atoms with E-state index in [9.17, 15) is 9.90 Å². The zero-order chi connectivity index (χ0) is 12.4. The molecule has 0 spiro atoms. The van der Waals surface area contributed by atoms with Crippen molar-refractivity contribution in [1.82, 2.24) is 5.16 Å². The molecule has 2 rings (SSSR count). The van der Waals surface area contributed by atoms with Crippen LogP contribution in [0.25, 0.3) is 0 Å². The van der Waals surface area contributed by atoms with Crippen LogP contribution in [0.4, 0.5) is 5.82 Å². The molecule has 0 radical (unpaired) electrons. The first-order valence-electron chi connectivity index (χ1n) is 5.11. The molecule has 2 aromatic rings. The summed E-state index contributed by atoms with van der Waals surface area (Å²) in [7, 11) is 0. The van der Waals surface area contributed by atoms with Crippen LogP contribution in [0.5, 0.6) is 5.75 Å². The highest BCUT2D eigenvalue weighted by Gasteiger charge is 2.12. The van der Waals surface area contributed by atoms with Crippen molar-refractivity contribution in [2.45, 2.75) is 13.8 Å². The van der Waals surface area contributed by atoms with Gasteiger partial charge in [0.1, 0.15) is 11.5 Å². The van der Waals surface area contributed by atoms with Crippen LogP contribution in [0.2, 0.25) is 0 Å². The number of benzene rings is 1. The van der Waals surface area contributed by atoms with E-state index in [1.165, 1.54) is 6.07 Å². The van der Waals surface area contributed by atoms with Gasteiger partial charge in [0.25, 0.3) is 5.91 Å². The third-order valence-corrected chi connectivity index (χ3v) is 2.42. The van der Waals surface area contributed by atoms with Crippen LogP contribution in [0.3, 0.4) is 0 Å². The Balaban J connectivity index is 2.23. The molecule has 2 N–H and O–H groups in total. The van der Waals surface area contributed by atoms with Gasteiger partial charge in [0, 0.05) is 17.2 Å². The lowest BCUT2D eigenvalue weighted by atomic mass is 10.1. The van der Waals surface area contributed by atoms with E-state index >= 15 is 0 Å². The van der Waals surface area contributed by atoms with E-state index in [1.807, 2.05) is 0 Å². The van der Waals surface area contributed by atoms with Crippen LogP contribution in [0.15, 0.2) is 28.8 Å². The first-order valence-corrected chi connectivity index (χ1v) is 5.11. The molecular formula is C12H12N2O3. The van der Waals surface area contributed by atoms with Crippen molar-refractivity contribution in [2.75, 3.05) is 5.32 Å². The summed E-state index contributed by atoms with van der Waals surface area (Å²) in [5, 5.41) is 15.8. The summed E-state index contributed by atoms with van der Waals surface area (Å²) in [5.41, 5.74) is 0.941. The zero-order valence-electron chi connectivity index (χ0n) is 9.52. The van der Waals surface area contributed by atoms with Crippen molar-refractivity contribution in [3.05, 3.63) is 41.2 Å². The average molecular weight is 232 g/mol. The van der Waals surface area contributed by atoms with Crippen LogP contribution < -0.4 is 5.32 Å². The quantitative estimate of drug-likeness (QED) is 0.832. The van der Waals surface area contributed by atoms with Gasteiger partial charge in [0.15, 0.2) is 5.82 Å². The van der Waals surface area contributed by atoms with Gasteiger partial charge in [-0.1, -0.05) is 11.2 Å². The topological polar surface area (TPSA) is 75.4 Å². The summed E-state index contributed by atoms with van der Waals surface area (Å²) in [6.07, 6.45) is 0. The Bertz CT molecular complexity index is 561. The van der Waals surface area contributed by atoms with Crippen molar-refractivity contribution in [3.8, 4) is 5.75 Å². The maximum Gasteiger partial charge on any atom is 0.257 e. The molecule has 5 nitrogen and oxygen atoms in total. The molecule has 5 heteroatoms. The third-order valence-electron chi connectivity index (χ3n) is 2.42. The van der Waals surface area contributed by atoms with Gasteiger partial charge in [-0.15, -0.1) is 0 Å². The van der Waals surface area contributed by atoms with E-state index in [4.69, 9.17) is 4.52 Å². The predicted octanol–water partition coefficient (Wildman–Crippen LogP) is 2.25. The maximum absolute atomic E-state index is 11.9. The lowest BCUT2D eigenvalue weighted by Gasteiger charge is -2.06. The van der Waals surface area contributed by atoms with Crippen LogP contribution >= 0.6 is 0 Å². The summed E-state index contributed by atoms with van der Waals surface area (Å²) < 4.78 is 4.84. The number of carbonyl (C=O) groups excluding carboxylic acids is 1. The van der Waals surface area contributed by atoms with Crippen molar-refractivity contribution in [1.29, 1.82) is 0 Å². The normalized spacial score (nSPS) is 10.2. The molecule has 88 valence electrons. The molecule has 0 aliphatic heterocycles. The highest BCUT2D eigenvalue weighted by molar-refractivity contribution is 6.05. The Morgan fingerprint density at radius 3 is 2.82 bits per heavy atom. The summed E-state index contributed by atoms with van der Waals surface area (Å²) >= 11 is 0. The molecule has 17 heavy (non-hydrogen) atoms. The van der Waals surface area contributed by atoms with E-state index in [2.05, 4.69) is 10.5 Å². The fourth-order valence-corrected chi connectivity index (χ4v) is 1.48. The fourth-order valence-electron chi connectivity index (χ4n) is 1.48. The standard InChI is InChI=1S/C12H12N2O3/c1-7-6-11(14-17-7)13-12(16)9-4-3-5-10(15)8(9)2/h3-6,15H,1-2H3,(H,13,14,16). The Labute approximate surface area is 98.1 Å². The first-order chi connectivity index (χ1) is 8.08. The molecule has 0 saturated heterocycles. The minimum absolute atomic E-state index is 0.0917. The Morgan fingerprint density at radius 2 is 2.18 bits per heavy atom. The fraction of sp³-hybridized carbons (Fsp3) is 0.167. The molecule has 0 atom stereocenters. The number of carbonyl (C=O) groups is 1. The van der Waals surface area contributed by atoms with Crippen molar-refractivity contribution in [2.24, 2.45) is 0 Å². The molecule has 0 fully saturated rings. The summed E-state index contributed by atoms with van der Waals surface area (Å²) in [6.45, 7) is 3.42. The van der Waals surface area contributed by atoms with Gasteiger partial charge in [0.2, 0.25) is 0 Å². The Kier molecular flexibility index (Phi) is 2.82. The number of aromatic nitrogens is 1. The second-order valence-electron chi connectivity index (χ2n) is 3.73. The Hall–Kier alpha value is -2.30. The number of nitrogens with one attached hydrogen (secondary N) is 1. The Morgan fingerprint density at radius 1 is 1.41 bits per heavy atom. The van der Waals surface area contributed by atoms with Gasteiger partial charge in [-0.05, 0) is 26.0 Å². The molecule has 0 bridgehead atoms. The van der Waals surface area contributed by atoms with Crippen molar-refractivity contribution >= 4 is 11.7 Å². The molecule has 0 aliphatic carbocycles. The highest BCUT2D eigenvalue weighted by Crippen LogP contribution is 2.20. The predicted molar refractivity (Wildman–Crippen MR) is 62.0 cm³/mol. The zero-order valence-corrected chi connectivity index (χ0v) is 9.52. The molecule has 1 aromatic heterocycles. The number of anilines is 1. The number of nitrogens with zero attached hydrogens (tertiary/aromatic N) is 1. The first kappa shape index (κ1) is 11.2. The number of aryl methyl sites for hydroxylation is 1. The molecular weight excluding hydrogens is 220 g/mol. The van der Waals surface area contributed by atoms with Crippen LogP contribution in [0.1, 0.15) is 21.7 Å². The van der Waals surface area contributed by atoms with Crippen molar-refractivity contribution in [3.63, 3.8) is 0 Å². The van der Waals surface area contributed by atoms with Crippen LogP contribution in [0, 0.1) is 13.8 Å². The summed E-state index contributed by atoms with van der Waals surface area (Å²) in [5.74, 6) is 0.740. The summed E-state index contributed by atoms with van der Waals surface area (Å²) in [4.78, 5) is 11.9. The minimum Gasteiger partial charge on any atom is -0.508 e.